The molecule has 1 atom stereocenters. The topological polar surface area (TPSA) is 77.8 Å². The van der Waals surface area contributed by atoms with Crippen LogP contribution < -0.4 is 0 Å². The zero-order valence-electron chi connectivity index (χ0n) is 9.75. The van der Waals surface area contributed by atoms with Crippen molar-refractivity contribution in [3.8, 4) is 5.75 Å². The van der Waals surface area contributed by atoms with E-state index in [0.29, 0.717) is 0 Å². The van der Waals surface area contributed by atoms with Crippen LogP contribution >= 0.6 is 0 Å². The molecule has 0 aliphatic carbocycles. The molecule has 0 fully saturated rings. The molecule has 1 aromatic carbocycles. The number of aromatic hydroxyl groups is 1. The van der Waals surface area contributed by atoms with Gasteiger partial charge in [-0.3, -0.25) is 4.79 Å². The summed E-state index contributed by atoms with van der Waals surface area (Å²) in [7, 11) is 1.46. The molecule has 17 heavy (non-hydrogen) atoms. The molecule has 5 heteroatoms. The van der Waals surface area contributed by atoms with Crippen LogP contribution in [0.1, 0.15) is 12.5 Å². The number of carbonyl (C=O) groups excluding carboxylic acids is 1. The lowest BCUT2D eigenvalue weighted by Crippen LogP contribution is -2.40. The van der Waals surface area contributed by atoms with E-state index in [9.17, 15) is 9.59 Å². The van der Waals surface area contributed by atoms with Gasteiger partial charge in [-0.2, -0.15) is 0 Å². The number of hydrogen-bond donors (Lipinski definition) is 2. The highest BCUT2D eigenvalue weighted by atomic mass is 16.4. The fourth-order valence-electron chi connectivity index (χ4n) is 1.29. The van der Waals surface area contributed by atoms with Gasteiger partial charge in [-0.25, -0.2) is 4.79 Å². The maximum Gasteiger partial charge on any atom is 0.326 e. The molecule has 0 heterocycles. The summed E-state index contributed by atoms with van der Waals surface area (Å²) in [5.74, 6) is -1.18. The van der Waals surface area contributed by atoms with Crippen molar-refractivity contribution < 1.29 is 19.8 Å². The Balaban J connectivity index is 2.66. The lowest BCUT2D eigenvalue weighted by molar-refractivity contribution is -0.147. The van der Waals surface area contributed by atoms with Gasteiger partial charge in [-0.05, 0) is 24.6 Å². The van der Waals surface area contributed by atoms with E-state index < -0.39 is 12.0 Å². The second-order valence-corrected chi connectivity index (χ2v) is 3.86. The largest absolute Gasteiger partial charge is 0.508 e. The van der Waals surface area contributed by atoms with Gasteiger partial charge in [0.1, 0.15) is 11.8 Å². The van der Waals surface area contributed by atoms with Crippen molar-refractivity contribution in [2.24, 2.45) is 0 Å². The molecule has 1 rings (SSSR count). The Morgan fingerprint density at radius 3 is 2.29 bits per heavy atom. The van der Waals surface area contributed by atoms with Gasteiger partial charge < -0.3 is 15.1 Å². The quantitative estimate of drug-likeness (QED) is 0.814. The number of amides is 1. The van der Waals surface area contributed by atoms with Crippen LogP contribution in [-0.4, -0.2) is 40.1 Å². The van der Waals surface area contributed by atoms with Crippen LogP contribution in [0.4, 0.5) is 0 Å². The minimum atomic E-state index is -1.04. The van der Waals surface area contributed by atoms with Crippen LogP contribution in [0.25, 0.3) is 0 Å². The molecule has 92 valence electrons. The molecule has 0 bridgehead atoms. The second-order valence-electron chi connectivity index (χ2n) is 3.86. The Labute approximate surface area is 99.3 Å². The van der Waals surface area contributed by atoms with Crippen LogP contribution in [-0.2, 0) is 16.0 Å². The van der Waals surface area contributed by atoms with Gasteiger partial charge >= 0.3 is 5.97 Å². The number of likely N-dealkylation sites (N-methyl/N-ethyl adjacent to an activating group) is 1. The molecule has 0 aliphatic rings. The molecule has 0 aromatic heterocycles. The normalized spacial score (nSPS) is 11.9. The van der Waals surface area contributed by atoms with E-state index in [0.717, 1.165) is 5.56 Å². The number of carbonyl (C=O) groups is 2. The molecule has 2 N–H and O–H groups in total. The van der Waals surface area contributed by atoms with Gasteiger partial charge in [-0.1, -0.05) is 12.1 Å². The Morgan fingerprint density at radius 2 is 1.82 bits per heavy atom. The second kappa shape index (κ2) is 5.34. The van der Waals surface area contributed by atoms with E-state index >= 15 is 0 Å². The number of hydrogen-bond acceptors (Lipinski definition) is 3. The number of aliphatic carboxylic acids is 1. The number of nitrogens with zero attached hydrogens (tertiary/aromatic N) is 1. The van der Waals surface area contributed by atoms with Crippen molar-refractivity contribution in [1.82, 2.24) is 4.90 Å². The number of benzene rings is 1. The van der Waals surface area contributed by atoms with E-state index in [-0.39, 0.29) is 18.1 Å². The summed E-state index contributed by atoms with van der Waals surface area (Å²) < 4.78 is 0. The zero-order valence-corrected chi connectivity index (χ0v) is 9.75. The fraction of sp³-hybridized carbons (Fsp3) is 0.333. The van der Waals surface area contributed by atoms with Gasteiger partial charge in [0.05, 0.1) is 6.42 Å². The SMILES string of the molecule is CC(C(=O)O)N(C)C(=O)Cc1ccc(O)cc1. The number of carboxylic acid groups (broad SMARTS) is 1. The van der Waals surface area contributed by atoms with Crippen molar-refractivity contribution in [3.05, 3.63) is 29.8 Å². The highest BCUT2D eigenvalue weighted by Crippen LogP contribution is 2.11. The molecule has 0 radical (unpaired) electrons. The van der Waals surface area contributed by atoms with Gasteiger partial charge in [0.15, 0.2) is 0 Å². The van der Waals surface area contributed by atoms with Crippen LogP contribution in [0.2, 0.25) is 0 Å². The highest BCUT2D eigenvalue weighted by Gasteiger charge is 2.21. The average molecular weight is 237 g/mol. The molecule has 1 amide bonds. The summed E-state index contributed by atoms with van der Waals surface area (Å²) >= 11 is 0. The number of phenols is 1. The van der Waals surface area contributed by atoms with Gasteiger partial charge in [0.25, 0.3) is 0 Å². The Morgan fingerprint density at radius 1 is 1.29 bits per heavy atom. The van der Waals surface area contributed by atoms with Crippen LogP contribution in [0, 0.1) is 0 Å². The van der Waals surface area contributed by atoms with Crippen molar-refractivity contribution in [2.75, 3.05) is 7.05 Å². The summed E-state index contributed by atoms with van der Waals surface area (Å²) in [4.78, 5) is 23.6. The molecule has 0 spiro atoms. The van der Waals surface area contributed by atoms with Gasteiger partial charge in [0.2, 0.25) is 5.91 Å². The van der Waals surface area contributed by atoms with Crippen LogP contribution in [0.5, 0.6) is 5.75 Å². The number of rotatable bonds is 4. The van der Waals surface area contributed by atoms with Crippen molar-refractivity contribution in [2.45, 2.75) is 19.4 Å². The average Bonchev–Trinajstić information content (AvgIpc) is 2.30. The van der Waals surface area contributed by atoms with Gasteiger partial charge in [0, 0.05) is 7.05 Å². The van der Waals surface area contributed by atoms with E-state index in [1.807, 2.05) is 0 Å². The van der Waals surface area contributed by atoms with Gasteiger partial charge in [-0.15, -0.1) is 0 Å². The lowest BCUT2D eigenvalue weighted by Gasteiger charge is -2.21. The Kier molecular flexibility index (Phi) is 4.09. The van der Waals surface area contributed by atoms with Crippen LogP contribution in [0.15, 0.2) is 24.3 Å². The first-order valence-electron chi connectivity index (χ1n) is 5.18. The predicted molar refractivity (Wildman–Crippen MR) is 61.7 cm³/mol. The fourth-order valence-corrected chi connectivity index (χ4v) is 1.29. The minimum absolute atomic E-state index is 0.119. The minimum Gasteiger partial charge on any atom is -0.508 e. The standard InChI is InChI=1S/C12H15NO4/c1-8(12(16)17)13(2)11(15)7-9-3-5-10(14)6-4-9/h3-6,8,14H,7H2,1-2H3,(H,16,17). The first-order chi connectivity index (χ1) is 7.91. The molecule has 5 nitrogen and oxygen atoms in total. The lowest BCUT2D eigenvalue weighted by atomic mass is 10.1. The van der Waals surface area contributed by atoms with Crippen molar-refractivity contribution in [1.29, 1.82) is 0 Å². The van der Waals surface area contributed by atoms with E-state index in [2.05, 4.69) is 0 Å². The number of phenolic OH excluding ortho intramolecular Hbond substituents is 1. The third kappa shape index (κ3) is 3.48. The molecule has 1 unspecified atom stereocenters. The molecule has 0 saturated heterocycles. The summed E-state index contributed by atoms with van der Waals surface area (Å²) in [5, 5.41) is 17.9. The Bertz CT molecular complexity index is 413. The van der Waals surface area contributed by atoms with Crippen molar-refractivity contribution in [3.63, 3.8) is 0 Å². The molecular formula is C12H15NO4. The van der Waals surface area contributed by atoms with Crippen molar-refractivity contribution >= 4 is 11.9 Å². The molecular weight excluding hydrogens is 222 g/mol. The summed E-state index contributed by atoms with van der Waals surface area (Å²) in [6.07, 6.45) is 0.119. The maximum absolute atomic E-state index is 11.7. The highest BCUT2D eigenvalue weighted by molar-refractivity contribution is 5.84. The van der Waals surface area contributed by atoms with E-state index in [1.165, 1.54) is 31.0 Å². The molecule has 0 aliphatic heterocycles. The smallest absolute Gasteiger partial charge is 0.326 e. The van der Waals surface area contributed by atoms with E-state index in [4.69, 9.17) is 10.2 Å². The summed E-state index contributed by atoms with van der Waals surface area (Å²) in [6.45, 7) is 1.46. The molecule has 1 aromatic rings. The predicted octanol–water partition coefficient (Wildman–Crippen LogP) is 0.866. The summed E-state index contributed by atoms with van der Waals surface area (Å²) in [5.41, 5.74) is 0.734. The third-order valence-electron chi connectivity index (χ3n) is 2.62. The zero-order chi connectivity index (χ0) is 13.0. The summed E-state index contributed by atoms with van der Waals surface area (Å²) in [6, 6.07) is 5.39. The van der Waals surface area contributed by atoms with E-state index in [1.54, 1.807) is 12.1 Å². The maximum atomic E-state index is 11.7. The number of carboxylic acids is 1. The molecule has 0 saturated carbocycles. The van der Waals surface area contributed by atoms with Crippen LogP contribution in [0.3, 0.4) is 0 Å². The monoisotopic (exact) mass is 237 g/mol. The third-order valence-corrected chi connectivity index (χ3v) is 2.62. The Hall–Kier alpha value is -2.04. The first kappa shape index (κ1) is 13.0. The first-order valence-corrected chi connectivity index (χ1v) is 5.18.